The van der Waals surface area contributed by atoms with E-state index < -0.39 is 17.7 Å². The molecule has 7 nitrogen and oxygen atoms in total. The lowest BCUT2D eigenvalue weighted by molar-refractivity contribution is -0.127. The summed E-state index contributed by atoms with van der Waals surface area (Å²) in [5.74, 6) is 0.755. The van der Waals surface area contributed by atoms with Gasteiger partial charge in [-0.25, -0.2) is 4.79 Å². The topological polar surface area (TPSA) is 80.2 Å². The molecule has 1 unspecified atom stereocenters. The maximum Gasteiger partial charge on any atom is 0.410 e. The number of alkyl halides is 1. The number of ether oxygens (including phenoxy) is 2. The van der Waals surface area contributed by atoms with Crippen LogP contribution >= 0.6 is 15.9 Å². The normalized spacial score (nSPS) is 19.9. The third kappa shape index (κ3) is 9.38. The fourth-order valence-electron chi connectivity index (χ4n) is 4.76. The Kier molecular flexibility index (Phi) is 11.8. The highest BCUT2D eigenvalue weighted by Gasteiger charge is 2.34. The number of carbonyl (C=O) groups excluding carboxylic acids is 2. The van der Waals surface area contributed by atoms with Gasteiger partial charge in [0.25, 0.3) is 0 Å². The lowest BCUT2D eigenvalue weighted by atomic mass is 9.90. The minimum Gasteiger partial charge on any atom is -0.489 e. The van der Waals surface area contributed by atoms with Gasteiger partial charge in [0.15, 0.2) is 0 Å². The average molecular weight is 601 g/mol. The van der Waals surface area contributed by atoms with Gasteiger partial charge in [0, 0.05) is 36.6 Å². The summed E-state index contributed by atoms with van der Waals surface area (Å²) in [5.41, 5.74) is 3.67. The molecule has 1 atom stereocenters. The zero-order valence-electron chi connectivity index (χ0n) is 23.7. The molecule has 1 N–H and O–H groups in total. The SMILES string of the molecule is C/N=C1/C=CC(OCc2ccccc2)=C(CCCCNC(=O)C2CCCCN2C(=O)OC(C)(C)C)/C1=C/CBr. The zero-order valence-corrected chi connectivity index (χ0v) is 25.3. The molecule has 1 aromatic rings. The maximum absolute atomic E-state index is 13.0. The minimum absolute atomic E-state index is 0.104. The Hall–Kier alpha value is -2.87. The van der Waals surface area contributed by atoms with Crippen LogP contribution in [0.5, 0.6) is 0 Å². The summed E-state index contributed by atoms with van der Waals surface area (Å²) >= 11 is 3.54. The Morgan fingerprint density at radius 3 is 2.62 bits per heavy atom. The van der Waals surface area contributed by atoms with Crippen LogP contribution in [-0.2, 0) is 20.9 Å². The Labute approximate surface area is 241 Å². The Bertz CT molecular complexity index is 1100. The van der Waals surface area contributed by atoms with E-state index in [1.165, 1.54) is 0 Å². The molecule has 1 aliphatic carbocycles. The lowest BCUT2D eigenvalue weighted by Gasteiger charge is -2.35. The summed E-state index contributed by atoms with van der Waals surface area (Å²) in [6, 6.07) is 9.65. The van der Waals surface area contributed by atoms with Crippen LogP contribution in [0.4, 0.5) is 4.79 Å². The van der Waals surface area contributed by atoms with Crippen molar-refractivity contribution in [2.45, 2.75) is 77.5 Å². The van der Waals surface area contributed by atoms with E-state index in [1.807, 2.05) is 51.1 Å². The van der Waals surface area contributed by atoms with E-state index in [0.29, 0.717) is 26.1 Å². The number of rotatable bonds is 10. The van der Waals surface area contributed by atoms with Crippen LogP contribution < -0.4 is 5.32 Å². The molecule has 0 radical (unpaired) electrons. The van der Waals surface area contributed by atoms with Gasteiger partial charge in [0.1, 0.15) is 24.0 Å². The Morgan fingerprint density at radius 2 is 1.92 bits per heavy atom. The number of benzene rings is 1. The number of hydrogen-bond donors (Lipinski definition) is 1. The highest BCUT2D eigenvalue weighted by atomic mass is 79.9. The number of carbonyl (C=O) groups is 2. The first-order chi connectivity index (χ1) is 18.7. The van der Waals surface area contributed by atoms with Gasteiger partial charge in [-0.05, 0) is 77.0 Å². The molecule has 2 aliphatic rings. The molecular weight excluding hydrogens is 558 g/mol. The Balaban J connectivity index is 1.59. The molecule has 0 aromatic heterocycles. The van der Waals surface area contributed by atoms with Crippen molar-refractivity contribution in [2.75, 3.05) is 25.5 Å². The van der Waals surface area contributed by atoms with Crippen LogP contribution in [0.15, 0.2) is 70.5 Å². The van der Waals surface area contributed by atoms with E-state index in [2.05, 4.69) is 44.4 Å². The van der Waals surface area contributed by atoms with E-state index in [1.54, 1.807) is 11.9 Å². The number of nitrogens with one attached hydrogen (secondary N) is 1. The van der Waals surface area contributed by atoms with E-state index in [0.717, 1.165) is 65.6 Å². The quantitative estimate of drug-likeness (QED) is 0.246. The van der Waals surface area contributed by atoms with Crippen molar-refractivity contribution < 1.29 is 19.1 Å². The maximum atomic E-state index is 13.0. The van der Waals surface area contributed by atoms with Crippen LogP contribution in [0, 0.1) is 0 Å². The number of piperidine rings is 1. The molecule has 1 aliphatic heterocycles. The monoisotopic (exact) mass is 599 g/mol. The lowest BCUT2D eigenvalue weighted by Crippen LogP contribution is -2.53. The fraction of sp³-hybridized carbons (Fsp3) is 0.516. The first-order valence-corrected chi connectivity index (χ1v) is 14.9. The molecule has 1 fully saturated rings. The second-order valence-electron chi connectivity index (χ2n) is 10.8. The van der Waals surface area contributed by atoms with Crippen LogP contribution in [0.1, 0.15) is 64.9 Å². The number of allylic oxidation sites excluding steroid dienone is 5. The van der Waals surface area contributed by atoms with Crippen LogP contribution in [0.3, 0.4) is 0 Å². The number of amides is 2. The highest BCUT2D eigenvalue weighted by molar-refractivity contribution is 9.09. The number of likely N-dealkylation sites (tertiary alicyclic amines) is 1. The summed E-state index contributed by atoms with van der Waals surface area (Å²) < 4.78 is 11.8. The number of hydrogen-bond acceptors (Lipinski definition) is 5. The predicted octanol–water partition coefficient (Wildman–Crippen LogP) is 6.50. The van der Waals surface area contributed by atoms with Crippen molar-refractivity contribution in [1.82, 2.24) is 10.2 Å². The first kappa shape index (κ1) is 30.7. The molecule has 8 heteroatoms. The van der Waals surface area contributed by atoms with E-state index in [9.17, 15) is 9.59 Å². The Morgan fingerprint density at radius 1 is 1.15 bits per heavy atom. The second kappa shape index (κ2) is 15.1. The molecule has 0 bridgehead atoms. The zero-order chi connectivity index (χ0) is 28.3. The van der Waals surface area contributed by atoms with Crippen molar-refractivity contribution in [3.05, 3.63) is 71.0 Å². The molecule has 39 heavy (non-hydrogen) atoms. The molecule has 1 saturated heterocycles. The first-order valence-electron chi connectivity index (χ1n) is 13.8. The van der Waals surface area contributed by atoms with Crippen molar-refractivity contribution in [1.29, 1.82) is 0 Å². The number of unbranched alkanes of at least 4 members (excludes halogenated alkanes) is 1. The van der Waals surface area contributed by atoms with Gasteiger partial charge in [-0.2, -0.15) is 0 Å². The van der Waals surface area contributed by atoms with Gasteiger partial charge < -0.3 is 14.8 Å². The fourth-order valence-corrected chi connectivity index (χ4v) is 5.08. The molecule has 1 aromatic carbocycles. The molecule has 3 rings (SSSR count). The molecule has 0 spiro atoms. The summed E-state index contributed by atoms with van der Waals surface area (Å²) in [6.45, 7) is 7.11. The molecular formula is C31H42BrN3O4. The largest absolute Gasteiger partial charge is 0.489 e. The highest BCUT2D eigenvalue weighted by Crippen LogP contribution is 2.29. The van der Waals surface area contributed by atoms with Gasteiger partial charge in [-0.15, -0.1) is 0 Å². The van der Waals surface area contributed by atoms with Crippen LogP contribution in [0.25, 0.3) is 0 Å². The second-order valence-corrected chi connectivity index (χ2v) is 11.4. The summed E-state index contributed by atoms with van der Waals surface area (Å²) in [6.07, 6.45) is 10.7. The predicted molar refractivity (Wildman–Crippen MR) is 160 cm³/mol. The molecule has 212 valence electrons. The van der Waals surface area contributed by atoms with E-state index >= 15 is 0 Å². The van der Waals surface area contributed by atoms with Crippen molar-refractivity contribution in [3.8, 4) is 0 Å². The summed E-state index contributed by atoms with van der Waals surface area (Å²) in [4.78, 5) is 31.7. The third-order valence-corrected chi connectivity index (χ3v) is 6.96. The van der Waals surface area contributed by atoms with Gasteiger partial charge in [0.05, 0.1) is 5.71 Å². The number of aliphatic imine (C=N–C) groups is 1. The molecule has 2 amide bonds. The van der Waals surface area contributed by atoms with E-state index in [-0.39, 0.29) is 5.91 Å². The van der Waals surface area contributed by atoms with Crippen molar-refractivity contribution >= 4 is 33.6 Å². The van der Waals surface area contributed by atoms with Gasteiger partial charge in [-0.1, -0.05) is 52.3 Å². The minimum atomic E-state index is -0.591. The third-order valence-electron chi connectivity index (χ3n) is 6.64. The molecule has 1 heterocycles. The smallest absolute Gasteiger partial charge is 0.410 e. The van der Waals surface area contributed by atoms with Crippen molar-refractivity contribution in [3.63, 3.8) is 0 Å². The number of nitrogens with zero attached hydrogens (tertiary/aromatic N) is 2. The van der Waals surface area contributed by atoms with Gasteiger partial charge in [0.2, 0.25) is 5.91 Å². The van der Waals surface area contributed by atoms with Crippen LogP contribution in [0.2, 0.25) is 0 Å². The van der Waals surface area contributed by atoms with E-state index in [4.69, 9.17) is 9.47 Å². The standard InChI is InChI=1S/C31H42BrN3O4/c1-31(2,3)39-30(37)35-21-11-9-15-27(35)29(36)34-20-10-8-14-25-24(18-19-32)26(33-4)16-17-28(25)38-22-23-12-6-5-7-13-23/h5-7,12-13,16-18,27H,8-11,14-15,19-22H2,1-4H3,(H,34,36)/b24-18-,33-26-. The summed E-state index contributed by atoms with van der Waals surface area (Å²) in [5, 5.41) is 3.77. The average Bonchev–Trinajstić information content (AvgIpc) is 2.92. The molecule has 0 saturated carbocycles. The van der Waals surface area contributed by atoms with Crippen molar-refractivity contribution in [2.24, 2.45) is 4.99 Å². The van der Waals surface area contributed by atoms with Crippen LogP contribution in [-0.4, -0.2) is 59.7 Å². The number of halogens is 1. The van der Waals surface area contributed by atoms with Gasteiger partial charge in [-0.3, -0.25) is 14.7 Å². The summed E-state index contributed by atoms with van der Waals surface area (Å²) in [7, 11) is 1.80. The van der Waals surface area contributed by atoms with Gasteiger partial charge >= 0.3 is 6.09 Å².